The Kier molecular flexibility index (Phi) is 4.07. The molecule has 3 rings (SSSR count). The van der Waals surface area contributed by atoms with Crippen LogP contribution in [-0.4, -0.2) is 35.9 Å². The molecule has 1 aliphatic heterocycles. The average molecular weight is 331 g/mol. The zero-order valence-corrected chi connectivity index (χ0v) is 13.1. The van der Waals surface area contributed by atoms with Crippen molar-refractivity contribution in [1.82, 2.24) is 4.98 Å². The molecule has 1 aromatic carbocycles. The summed E-state index contributed by atoms with van der Waals surface area (Å²) in [5.41, 5.74) is 1.14. The molecule has 1 N–H and O–H groups in total. The second-order valence-corrected chi connectivity index (χ2v) is 6.10. The molecule has 0 radical (unpaired) electrons. The highest BCUT2D eigenvalue weighted by Gasteiger charge is 2.27. The van der Waals surface area contributed by atoms with Crippen molar-refractivity contribution in [1.29, 1.82) is 0 Å². The molecule has 8 heteroatoms. The number of aromatic nitrogens is 1. The highest BCUT2D eigenvalue weighted by molar-refractivity contribution is 7.13. The lowest BCUT2D eigenvalue weighted by molar-refractivity contribution is -0.124. The SMILES string of the molecule is Cc1ncc(C(=O)OCC(=O)N2CC(=O)Nc3ccccc32)s1. The van der Waals surface area contributed by atoms with Crippen LogP contribution in [0.15, 0.2) is 30.5 Å². The third-order valence-corrected chi connectivity index (χ3v) is 4.11. The summed E-state index contributed by atoms with van der Waals surface area (Å²) < 4.78 is 5.02. The summed E-state index contributed by atoms with van der Waals surface area (Å²) >= 11 is 1.20. The van der Waals surface area contributed by atoms with E-state index in [0.29, 0.717) is 16.3 Å². The highest BCUT2D eigenvalue weighted by Crippen LogP contribution is 2.28. The van der Waals surface area contributed by atoms with Crippen LogP contribution in [0.25, 0.3) is 0 Å². The maximum absolute atomic E-state index is 12.3. The van der Waals surface area contributed by atoms with E-state index in [1.165, 1.54) is 22.4 Å². The molecule has 118 valence electrons. The third-order valence-electron chi connectivity index (χ3n) is 3.22. The van der Waals surface area contributed by atoms with Crippen molar-refractivity contribution in [3.05, 3.63) is 40.3 Å². The number of nitrogens with zero attached hydrogens (tertiary/aromatic N) is 2. The zero-order chi connectivity index (χ0) is 16.4. The lowest BCUT2D eigenvalue weighted by atomic mass is 10.2. The first-order valence-electron chi connectivity index (χ1n) is 6.83. The summed E-state index contributed by atoms with van der Waals surface area (Å²) in [4.78, 5) is 41.4. The van der Waals surface area contributed by atoms with Crippen LogP contribution in [0, 0.1) is 6.92 Å². The highest BCUT2D eigenvalue weighted by atomic mass is 32.1. The minimum atomic E-state index is -0.598. The summed E-state index contributed by atoms with van der Waals surface area (Å²) in [7, 11) is 0. The molecule has 0 aliphatic carbocycles. The van der Waals surface area contributed by atoms with Gasteiger partial charge in [-0.05, 0) is 19.1 Å². The molecular weight excluding hydrogens is 318 g/mol. The number of ether oxygens (including phenoxy) is 1. The Morgan fingerprint density at radius 3 is 2.91 bits per heavy atom. The minimum absolute atomic E-state index is 0.104. The van der Waals surface area contributed by atoms with E-state index in [0.717, 1.165) is 5.01 Å². The van der Waals surface area contributed by atoms with Crippen molar-refractivity contribution >= 4 is 40.5 Å². The van der Waals surface area contributed by atoms with Gasteiger partial charge < -0.3 is 10.1 Å². The molecule has 0 fully saturated rings. The fourth-order valence-corrected chi connectivity index (χ4v) is 2.86. The van der Waals surface area contributed by atoms with Crippen LogP contribution in [0.2, 0.25) is 0 Å². The molecule has 0 unspecified atom stereocenters. The summed E-state index contributed by atoms with van der Waals surface area (Å²) in [6.07, 6.45) is 1.41. The van der Waals surface area contributed by atoms with Crippen molar-refractivity contribution in [2.24, 2.45) is 0 Å². The number of fused-ring (bicyclic) bond motifs is 1. The molecule has 2 heterocycles. The van der Waals surface area contributed by atoms with Gasteiger partial charge in [-0.1, -0.05) is 12.1 Å². The molecule has 23 heavy (non-hydrogen) atoms. The monoisotopic (exact) mass is 331 g/mol. The number of nitrogens with one attached hydrogen (secondary N) is 1. The van der Waals surface area contributed by atoms with Gasteiger partial charge in [-0.3, -0.25) is 14.5 Å². The van der Waals surface area contributed by atoms with E-state index < -0.39 is 18.5 Å². The number of anilines is 2. The van der Waals surface area contributed by atoms with Gasteiger partial charge in [-0.2, -0.15) is 0 Å². The van der Waals surface area contributed by atoms with Crippen LogP contribution in [0.4, 0.5) is 11.4 Å². The Morgan fingerprint density at radius 1 is 1.39 bits per heavy atom. The van der Waals surface area contributed by atoms with Crippen molar-refractivity contribution in [3.63, 3.8) is 0 Å². The normalized spacial score (nSPS) is 13.3. The second kappa shape index (κ2) is 6.17. The maximum atomic E-state index is 12.3. The van der Waals surface area contributed by atoms with E-state index in [4.69, 9.17) is 4.74 Å². The van der Waals surface area contributed by atoms with Gasteiger partial charge >= 0.3 is 5.97 Å². The minimum Gasteiger partial charge on any atom is -0.451 e. The first-order valence-corrected chi connectivity index (χ1v) is 7.65. The number of thiazole rings is 1. The molecule has 0 saturated heterocycles. The van der Waals surface area contributed by atoms with Gasteiger partial charge in [0.25, 0.3) is 5.91 Å². The summed E-state index contributed by atoms with van der Waals surface area (Å²) in [5, 5.41) is 3.43. The van der Waals surface area contributed by atoms with E-state index in [2.05, 4.69) is 10.3 Å². The molecule has 0 saturated carbocycles. The number of carbonyl (C=O) groups is 3. The average Bonchev–Trinajstić information content (AvgIpc) is 2.98. The van der Waals surface area contributed by atoms with Gasteiger partial charge in [0.1, 0.15) is 11.4 Å². The van der Waals surface area contributed by atoms with Gasteiger partial charge in [-0.15, -0.1) is 11.3 Å². The fraction of sp³-hybridized carbons (Fsp3) is 0.200. The van der Waals surface area contributed by atoms with Gasteiger partial charge in [0.15, 0.2) is 6.61 Å². The molecule has 2 amide bonds. The molecule has 1 aromatic heterocycles. The first-order chi connectivity index (χ1) is 11.0. The van der Waals surface area contributed by atoms with Crippen LogP contribution < -0.4 is 10.2 Å². The standard InChI is InChI=1S/C15H13N3O4S/c1-9-16-6-12(23-9)15(21)22-8-14(20)18-7-13(19)17-10-4-2-3-5-11(10)18/h2-6H,7-8H2,1H3,(H,17,19). The van der Waals surface area contributed by atoms with Crippen LogP contribution in [-0.2, 0) is 14.3 Å². The van der Waals surface area contributed by atoms with Crippen LogP contribution in [0.1, 0.15) is 14.7 Å². The fourth-order valence-electron chi connectivity index (χ4n) is 2.19. The number of esters is 1. The second-order valence-electron chi connectivity index (χ2n) is 4.86. The maximum Gasteiger partial charge on any atom is 0.350 e. The van der Waals surface area contributed by atoms with Crippen molar-refractivity contribution in [3.8, 4) is 0 Å². The van der Waals surface area contributed by atoms with Gasteiger partial charge in [-0.25, -0.2) is 9.78 Å². The lowest BCUT2D eigenvalue weighted by Crippen LogP contribution is -2.44. The summed E-state index contributed by atoms with van der Waals surface area (Å²) in [6, 6.07) is 6.96. The number of rotatable bonds is 3. The van der Waals surface area contributed by atoms with Crippen LogP contribution in [0.5, 0.6) is 0 Å². The van der Waals surface area contributed by atoms with Crippen molar-refractivity contribution < 1.29 is 19.1 Å². The van der Waals surface area contributed by atoms with E-state index in [1.54, 1.807) is 31.2 Å². The van der Waals surface area contributed by atoms with Gasteiger partial charge in [0.2, 0.25) is 5.91 Å². The third kappa shape index (κ3) is 3.21. The summed E-state index contributed by atoms with van der Waals surface area (Å²) in [6.45, 7) is 1.24. The number of hydrogen-bond acceptors (Lipinski definition) is 6. The number of amides is 2. The molecule has 7 nitrogen and oxygen atoms in total. The number of hydrogen-bond donors (Lipinski definition) is 1. The zero-order valence-electron chi connectivity index (χ0n) is 12.2. The lowest BCUT2D eigenvalue weighted by Gasteiger charge is -2.28. The number of aryl methyl sites for hydroxylation is 1. The predicted octanol–water partition coefficient (Wildman–Crippen LogP) is 1.59. The largest absolute Gasteiger partial charge is 0.451 e. The Bertz CT molecular complexity index is 787. The van der Waals surface area contributed by atoms with Gasteiger partial charge in [0, 0.05) is 0 Å². The molecule has 2 aromatic rings. The number of para-hydroxylation sites is 2. The molecule has 0 bridgehead atoms. The Morgan fingerprint density at radius 2 is 2.17 bits per heavy atom. The first kappa shape index (κ1) is 15.2. The number of carbonyl (C=O) groups excluding carboxylic acids is 3. The van der Waals surface area contributed by atoms with Crippen LogP contribution in [0.3, 0.4) is 0 Å². The quantitative estimate of drug-likeness (QED) is 0.863. The van der Waals surface area contributed by atoms with E-state index in [9.17, 15) is 14.4 Å². The predicted molar refractivity (Wildman–Crippen MR) is 84.6 cm³/mol. The van der Waals surface area contributed by atoms with Gasteiger partial charge in [0.05, 0.1) is 22.6 Å². The molecule has 0 spiro atoms. The Labute approximate surface area is 135 Å². The van der Waals surface area contributed by atoms with Crippen LogP contribution >= 0.6 is 11.3 Å². The van der Waals surface area contributed by atoms with E-state index in [1.807, 2.05) is 0 Å². The molecular formula is C15H13N3O4S. The molecule has 1 aliphatic rings. The van der Waals surface area contributed by atoms with Crippen molar-refractivity contribution in [2.75, 3.05) is 23.4 Å². The Hall–Kier alpha value is -2.74. The van der Waals surface area contributed by atoms with E-state index in [-0.39, 0.29) is 12.5 Å². The molecule has 0 atom stereocenters. The summed E-state index contributed by atoms with van der Waals surface area (Å²) in [5.74, 6) is -1.35. The van der Waals surface area contributed by atoms with Crippen molar-refractivity contribution in [2.45, 2.75) is 6.92 Å². The smallest absolute Gasteiger partial charge is 0.350 e. The Balaban J connectivity index is 1.69. The van der Waals surface area contributed by atoms with E-state index >= 15 is 0 Å². The topological polar surface area (TPSA) is 88.6 Å². The number of benzene rings is 1.